The van der Waals surface area contributed by atoms with Gasteiger partial charge in [-0.1, -0.05) is 32.4 Å². The van der Waals surface area contributed by atoms with Crippen LogP contribution >= 0.6 is 0 Å². The van der Waals surface area contributed by atoms with Crippen LogP contribution in [0.15, 0.2) is 11.6 Å². The fourth-order valence-corrected chi connectivity index (χ4v) is 7.87. The number of rotatable bonds is 1. The number of fused-ring (bicyclic) bond motifs is 5. The first-order chi connectivity index (χ1) is 11.3. The van der Waals surface area contributed by atoms with Crippen LogP contribution in [0.3, 0.4) is 0 Å². The van der Waals surface area contributed by atoms with E-state index in [0.29, 0.717) is 23.0 Å². The predicted molar refractivity (Wildman–Crippen MR) is 96.4 cm³/mol. The van der Waals surface area contributed by atoms with Gasteiger partial charge in [-0.15, -0.1) is 0 Å². The first-order valence-corrected chi connectivity index (χ1v) is 10.2. The summed E-state index contributed by atoms with van der Waals surface area (Å²) in [5, 5.41) is 10.1. The minimum atomic E-state index is -0.122. The monoisotopic (exact) mass is 330 g/mol. The minimum Gasteiger partial charge on any atom is -0.393 e. The van der Waals surface area contributed by atoms with Crippen LogP contribution in [0.1, 0.15) is 72.6 Å². The molecule has 8 atom stereocenters. The Morgan fingerprint density at radius 3 is 2.67 bits per heavy atom. The van der Waals surface area contributed by atoms with E-state index in [2.05, 4.69) is 26.8 Å². The van der Waals surface area contributed by atoms with E-state index < -0.39 is 0 Å². The highest BCUT2D eigenvalue weighted by Crippen LogP contribution is 2.67. The Balaban J connectivity index is 1.68. The normalized spacial score (nSPS) is 53.6. The van der Waals surface area contributed by atoms with E-state index in [1.165, 1.54) is 25.7 Å². The van der Waals surface area contributed by atoms with Crippen molar-refractivity contribution in [3.63, 3.8) is 0 Å². The van der Waals surface area contributed by atoms with Crippen molar-refractivity contribution in [2.75, 3.05) is 0 Å². The molecular weight excluding hydrogens is 296 g/mol. The van der Waals surface area contributed by atoms with Gasteiger partial charge in [-0.3, -0.25) is 4.79 Å². The van der Waals surface area contributed by atoms with Crippen LogP contribution in [0.2, 0.25) is 0 Å². The first-order valence-electron chi connectivity index (χ1n) is 10.2. The molecule has 4 rings (SSSR count). The third-order valence-corrected chi connectivity index (χ3v) is 8.86. The number of Topliss-reactive ketones (excluding diaryl/α,β-unsaturated/α-hetero) is 1. The van der Waals surface area contributed by atoms with Crippen molar-refractivity contribution in [3.05, 3.63) is 11.6 Å². The van der Waals surface area contributed by atoms with Crippen LogP contribution in [0, 0.1) is 40.4 Å². The lowest BCUT2D eigenvalue weighted by molar-refractivity contribution is -0.128. The van der Waals surface area contributed by atoms with Gasteiger partial charge >= 0.3 is 0 Å². The quantitative estimate of drug-likeness (QED) is 0.704. The Hall–Kier alpha value is -0.630. The maximum Gasteiger partial charge on any atom is 0.133 e. The third kappa shape index (κ3) is 2.14. The number of ketones is 1. The Kier molecular flexibility index (Phi) is 3.81. The summed E-state index contributed by atoms with van der Waals surface area (Å²) in [6.45, 7) is 9.04. The van der Waals surface area contributed by atoms with Crippen LogP contribution < -0.4 is 0 Å². The Bertz CT molecular complexity index is 579. The van der Waals surface area contributed by atoms with Crippen molar-refractivity contribution in [1.82, 2.24) is 0 Å². The van der Waals surface area contributed by atoms with Gasteiger partial charge in [-0.2, -0.15) is 0 Å². The SMILES string of the molecule is CC(=O)[C@@H]1[C@@H](C)C[C@H]2[C@H]3CC=C4C[C@H](O)CC[C@@]4(C)[C@H]3CC[C@@]12C. The van der Waals surface area contributed by atoms with Gasteiger partial charge in [0.25, 0.3) is 0 Å². The van der Waals surface area contributed by atoms with Gasteiger partial charge in [0.1, 0.15) is 5.78 Å². The number of carbonyl (C=O) groups excluding carboxylic acids is 1. The molecule has 24 heavy (non-hydrogen) atoms. The Morgan fingerprint density at radius 1 is 1.21 bits per heavy atom. The molecule has 2 heteroatoms. The highest BCUT2D eigenvalue weighted by atomic mass is 16.3. The summed E-state index contributed by atoms with van der Waals surface area (Å²) >= 11 is 0. The van der Waals surface area contributed by atoms with E-state index in [1.807, 2.05) is 6.92 Å². The van der Waals surface area contributed by atoms with Crippen LogP contribution in [-0.4, -0.2) is 17.0 Å². The molecule has 0 aromatic rings. The van der Waals surface area contributed by atoms with Gasteiger partial charge < -0.3 is 5.11 Å². The molecule has 0 spiro atoms. The maximum atomic E-state index is 12.4. The van der Waals surface area contributed by atoms with E-state index in [9.17, 15) is 9.90 Å². The predicted octanol–water partition coefficient (Wildman–Crippen LogP) is 4.76. The molecule has 4 aliphatic rings. The molecule has 0 aromatic carbocycles. The zero-order chi connectivity index (χ0) is 17.3. The number of aliphatic hydroxyl groups is 1. The van der Waals surface area contributed by atoms with E-state index >= 15 is 0 Å². The Morgan fingerprint density at radius 2 is 1.96 bits per heavy atom. The van der Waals surface area contributed by atoms with Crippen molar-refractivity contribution in [1.29, 1.82) is 0 Å². The molecule has 0 saturated heterocycles. The third-order valence-electron chi connectivity index (χ3n) is 8.86. The van der Waals surface area contributed by atoms with Crippen molar-refractivity contribution >= 4 is 5.78 Å². The molecule has 0 amide bonds. The van der Waals surface area contributed by atoms with Gasteiger partial charge in [0.2, 0.25) is 0 Å². The van der Waals surface area contributed by atoms with Crippen molar-refractivity contribution < 1.29 is 9.90 Å². The van der Waals surface area contributed by atoms with Crippen molar-refractivity contribution in [2.45, 2.75) is 78.7 Å². The molecule has 1 N–H and O–H groups in total. The number of hydrogen-bond acceptors (Lipinski definition) is 2. The molecule has 0 radical (unpaired) electrons. The molecule has 0 heterocycles. The Labute approximate surface area is 147 Å². The number of hydrogen-bond donors (Lipinski definition) is 1. The number of carbonyl (C=O) groups is 1. The van der Waals surface area contributed by atoms with Crippen LogP contribution in [0.4, 0.5) is 0 Å². The molecule has 0 aromatic heterocycles. The van der Waals surface area contributed by atoms with Gasteiger partial charge in [0.05, 0.1) is 6.10 Å². The lowest BCUT2D eigenvalue weighted by atomic mass is 9.47. The minimum absolute atomic E-state index is 0.122. The van der Waals surface area contributed by atoms with E-state index in [0.717, 1.165) is 31.1 Å². The second-order valence-electron chi connectivity index (χ2n) is 10.0. The molecule has 0 bridgehead atoms. The highest BCUT2D eigenvalue weighted by molar-refractivity contribution is 5.80. The smallest absolute Gasteiger partial charge is 0.133 e. The number of allylic oxidation sites excluding steroid dienone is 1. The second kappa shape index (κ2) is 5.43. The molecule has 4 aliphatic carbocycles. The average molecular weight is 331 g/mol. The summed E-state index contributed by atoms with van der Waals surface area (Å²) in [6, 6.07) is 0. The lowest BCUT2D eigenvalue weighted by Gasteiger charge is -2.57. The van der Waals surface area contributed by atoms with Crippen LogP contribution in [0.25, 0.3) is 0 Å². The van der Waals surface area contributed by atoms with Gasteiger partial charge in [-0.05, 0) is 86.4 Å². The van der Waals surface area contributed by atoms with Gasteiger partial charge in [-0.25, -0.2) is 0 Å². The zero-order valence-corrected chi connectivity index (χ0v) is 15.8. The zero-order valence-electron chi connectivity index (χ0n) is 15.8. The molecule has 134 valence electrons. The van der Waals surface area contributed by atoms with Crippen molar-refractivity contribution in [3.8, 4) is 0 Å². The first kappa shape index (κ1) is 16.8. The fourth-order valence-electron chi connectivity index (χ4n) is 7.87. The van der Waals surface area contributed by atoms with Gasteiger partial charge in [0.15, 0.2) is 0 Å². The van der Waals surface area contributed by atoms with Crippen LogP contribution in [0.5, 0.6) is 0 Å². The van der Waals surface area contributed by atoms with Crippen molar-refractivity contribution in [2.24, 2.45) is 40.4 Å². The van der Waals surface area contributed by atoms with E-state index in [-0.39, 0.29) is 17.4 Å². The molecule has 2 nitrogen and oxygen atoms in total. The molecular formula is C22H34O2. The topological polar surface area (TPSA) is 37.3 Å². The molecule has 0 unspecified atom stereocenters. The number of aliphatic hydroxyl groups excluding tert-OH is 1. The van der Waals surface area contributed by atoms with E-state index in [1.54, 1.807) is 5.57 Å². The molecule has 3 saturated carbocycles. The summed E-state index contributed by atoms with van der Waals surface area (Å²) in [5.41, 5.74) is 2.07. The summed E-state index contributed by atoms with van der Waals surface area (Å²) in [5.74, 6) is 3.46. The summed E-state index contributed by atoms with van der Waals surface area (Å²) in [7, 11) is 0. The lowest BCUT2D eigenvalue weighted by Crippen LogP contribution is -2.51. The van der Waals surface area contributed by atoms with Crippen LogP contribution in [-0.2, 0) is 4.79 Å². The molecule has 0 aliphatic heterocycles. The summed E-state index contributed by atoms with van der Waals surface area (Å²) < 4.78 is 0. The largest absolute Gasteiger partial charge is 0.393 e. The standard InChI is InChI=1S/C22H34O2/c1-13-11-19-17-6-5-15-12-16(24)7-9-21(15,3)18(17)8-10-22(19,4)20(13)14(2)23/h5,13,16-20,24H,6-12H2,1-4H3/t13-,16+,17-,18-,19-,20-,21+,22+/m0/s1. The summed E-state index contributed by atoms with van der Waals surface area (Å²) in [4.78, 5) is 12.4. The van der Waals surface area contributed by atoms with Gasteiger partial charge in [0, 0.05) is 5.92 Å². The fraction of sp³-hybridized carbons (Fsp3) is 0.864. The molecule has 3 fully saturated rings. The second-order valence-corrected chi connectivity index (χ2v) is 10.0. The summed E-state index contributed by atoms with van der Waals surface area (Å²) in [6.07, 6.45) is 10.3. The maximum absolute atomic E-state index is 12.4. The average Bonchev–Trinajstić information content (AvgIpc) is 2.78. The van der Waals surface area contributed by atoms with E-state index in [4.69, 9.17) is 0 Å². The highest BCUT2D eigenvalue weighted by Gasteiger charge is 2.61.